The molecule has 1 aliphatic rings. The molecule has 2 heterocycles. The Kier molecular flexibility index (Phi) is 5.85. The van der Waals surface area contributed by atoms with Gasteiger partial charge < -0.3 is 13.9 Å². The number of esters is 1. The standard InChI is InChI=1S/C19H21NO7S/c1-13-11-16(12-18(21)26-13)27-15-7-9-20(10-8-15)28(23,24)17-5-3-14(4-6-17)19(22)25-2/h3-6,11-12,15H,7-10H2,1-2H3. The van der Waals surface area contributed by atoms with E-state index in [2.05, 4.69) is 4.74 Å². The van der Waals surface area contributed by atoms with E-state index in [1.807, 2.05) is 0 Å². The van der Waals surface area contributed by atoms with Crippen LogP contribution in [-0.2, 0) is 14.8 Å². The first kappa shape index (κ1) is 20.1. The lowest BCUT2D eigenvalue weighted by atomic mass is 10.1. The third kappa shape index (κ3) is 4.42. The Hall–Kier alpha value is -2.65. The molecule has 0 saturated carbocycles. The summed E-state index contributed by atoms with van der Waals surface area (Å²) in [5.74, 6) is 0.360. The topological polar surface area (TPSA) is 103 Å². The Bertz CT molecular complexity index is 1000. The van der Waals surface area contributed by atoms with Crippen LogP contribution in [0.3, 0.4) is 0 Å². The monoisotopic (exact) mass is 407 g/mol. The second-order valence-corrected chi connectivity index (χ2v) is 8.40. The van der Waals surface area contributed by atoms with Crippen LogP contribution in [0.25, 0.3) is 0 Å². The number of rotatable bonds is 5. The van der Waals surface area contributed by atoms with Gasteiger partial charge in [-0.25, -0.2) is 18.0 Å². The Morgan fingerprint density at radius 2 is 1.79 bits per heavy atom. The summed E-state index contributed by atoms with van der Waals surface area (Å²) in [5, 5.41) is 0. The van der Waals surface area contributed by atoms with Crippen molar-refractivity contribution in [3.63, 3.8) is 0 Å². The smallest absolute Gasteiger partial charge is 0.339 e. The van der Waals surface area contributed by atoms with Crippen molar-refractivity contribution in [3.8, 4) is 5.75 Å². The van der Waals surface area contributed by atoms with Gasteiger partial charge in [0, 0.05) is 19.2 Å². The van der Waals surface area contributed by atoms with Crippen molar-refractivity contribution in [1.29, 1.82) is 0 Å². The van der Waals surface area contributed by atoms with E-state index in [4.69, 9.17) is 9.15 Å². The van der Waals surface area contributed by atoms with Gasteiger partial charge in [-0.05, 0) is 44.0 Å². The van der Waals surface area contributed by atoms with E-state index in [9.17, 15) is 18.0 Å². The maximum Gasteiger partial charge on any atom is 0.339 e. The van der Waals surface area contributed by atoms with E-state index < -0.39 is 21.6 Å². The Morgan fingerprint density at radius 1 is 1.14 bits per heavy atom. The quantitative estimate of drug-likeness (QED) is 0.698. The van der Waals surface area contributed by atoms with Crippen molar-refractivity contribution in [2.75, 3.05) is 20.2 Å². The van der Waals surface area contributed by atoms with Crippen molar-refractivity contribution in [2.45, 2.75) is 30.8 Å². The summed E-state index contributed by atoms with van der Waals surface area (Å²) < 4.78 is 42.3. The second kappa shape index (κ2) is 8.15. The predicted octanol–water partition coefficient (Wildman–Crippen LogP) is 1.97. The number of aryl methyl sites for hydroxylation is 1. The molecular formula is C19H21NO7S. The highest BCUT2D eigenvalue weighted by atomic mass is 32.2. The summed E-state index contributed by atoms with van der Waals surface area (Å²) in [4.78, 5) is 23.0. The van der Waals surface area contributed by atoms with Gasteiger partial charge >= 0.3 is 11.6 Å². The molecule has 2 aromatic rings. The molecule has 1 saturated heterocycles. The van der Waals surface area contributed by atoms with Gasteiger partial charge in [0.1, 0.15) is 17.6 Å². The molecule has 1 fully saturated rings. The molecule has 0 amide bonds. The summed E-state index contributed by atoms with van der Waals surface area (Å²) in [6.45, 7) is 2.26. The second-order valence-electron chi connectivity index (χ2n) is 6.46. The zero-order valence-corrected chi connectivity index (χ0v) is 16.4. The van der Waals surface area contributed by atoms with Crippen molar-refractivity contribution in [2.24, 2.45) is 0 Å². The van der Waals surface area contributed by atoms with Crippen LogP contribution in [0.1, 0.15) is 29.0 Å². The lowest BCUT2D eigenvalue weighted by molar-refractivity contribution is 0.0600. The van der Waals surface area contributed by atoms with Crippen LogP contribution in [-0.4, -0.2) is 45.0 Å². The first-order valence-corrected chi connectivity index (χ1v) is 10.2. The normalized spacial score (nSPS) is 15.9. The summed E-state index contributed by atoms with van der Waals surface area (Å²) in [7, 11) is -2.39. The zero-order chi connectivity index (χ0) is 20.3. The number of benzene rings is 1. The number of sulfonamides is 1. The molecule has 1 aromatic heterocycles. The molecule has 0 bridgehead atoms. The molecule has 0 aliphatic carbocycles. The van der Waals surface area contributed by atoms with E-state index in [1.54, 1.807) is 13.0 Å². The van der Waals surface area contributed by atoms with Gasteiger partial charge in [0.25, 0.3) is 0 Å². The number of ether oxygens (including phenoxy) is 2. The molecule has 9 heteroatoms. The number of hydrogen-bond acceptors (Lipinski definition) is 7. The van der Waals surface area contributed by atoms with E-state index >= 15 is 0 Å². The maximum atomic E-state index is 12.8. The number of piperidine rings is 1. The summed E-state index contributed by atoms with van der Waals surface area (Å²) in [6, 6.07) is 8.56. The Labute approximate surface area is 162 Å². The fraction of sp³-hybridized carbons (Fsp3) is 0.368. The molecule has 1 aliphatic heterocycles. The zero-order valence-electron chi connectivity index (χ0n) is 15.6. The van der Waals surface area contributed by atoms with Crippen LogP contribution in [0, 0.1) is 6.92 Å². The van der Waals surface area contributed by atoms with Gasteiger partial charge in [-0.2, -0.15) is 4.31 Å². The van der Waals surface area contributed by atoms with Gasteiger partial charge in [0.15, 0.2) is 0 Å². The molecule has 3 rings (SSSR count). The summed E-state index contributed by atoms with van der Waals surface area (Å²) in [5.41, 5.74) is -0.193. The molecule has 0 radical (unpaired) electrons. The third-order valence-corrected chi connectivity index (χ3v) is 6.40. The predicted molar refractivity (Wildman–Crippen MR) is 99.9 cm³/mol. The van der Waals surface area contributed by atoms with Crippen molar-refractivity contribution >= 4 is 16.0 Å². The molecule has 0 spiro atoms. The molecule has 28 heavy (non-hydrogen) atoms. The minimum Gasteiger partial charge on any atom is -0.490 e. The van der Waals surface area contributed by atoms with Crippen molar-refractivity contribution in [3.05, 3.63) is 58.1 Å². The maximum absolute atomic E-state index is 12.8. The highest BCUT2D eigenvalue weighted by molar-refractivity contribution is 7.89. The molecule has 1 aromatic carbocycles. The lowest BCUT2D eigenvalue weighted by Crippen LogP contribution is -2.41. The number of hydrogen-bond donors (Lipinski definition) is 0. The summed E-state index contributed by atoms with van der Waals surface area (Å²) >= 11 is 0. The van der Waals surface area contributed by atoms with Gasteiger partial charge in [0.2, 0.25) is 10.0 Å². The van der Waals surface area contributed by atoms with Crippen LogP contribution in [0.4, 0.5) is 0 Å². The van der Waals surface area contributed by atoms with E-state index in [0.717, 1.165) is 0 Å². The Balaban J connectivity index is 1.64. The molecule has 150 valence electrons. The number of nitrogens with zero attached hydrogens (tertiary/aromatic N) is 1. The average Bonchev–Trinajstić information content (AvgIpc) is 2.67. The van der Waals surface area contributed by atoms with Crippen LogP contribution in [0.5, 0.6) is 5.75 Å². The number of carbonyl (C=O) groups is 1. The van der Waals surface area contributed by atoms with Gasteiger partial charge in [-0.3, -0.25) is 0 Å². The minimum absolute atomic E-state index is 0.121. The van der Waals surface area contributed by atoms with Crippen molar-refractivity contribution < 1.29 is 27.1 Å². The largest absolute Gasteiger partial charge is 0.490 e. The van der Waals surface area contributed by atoms with E-state index in [0.29, 0.717) is 37.4 Å². The third-order valence-electron chi connectivity index (χ3n) is 4.48. The van der Waals surface area contributed by atoms with Crippen LogP contribution < -0.4 is 10.4 Å². The van der Waals surface area contributed by atoms with Gasteiger partial charge in [0.05, 0.1) is 23.6 Å². The molecule has 8 nitrogen and oxygen atoms in total. The van der Waals surface area contributed by atoms with Crippen LogP contribution >= 0.6 is 0 Å². The average molecular weight is 407 g/mol. The van der Waals surface area contributed by atoms with E-state index in [1.165, 1.54) is 41.7 Å². The SMILES string of the molecule is COC(=O)c1ccc(S(=O)(=O)N2CCC(Oc3cc(C)oc(=O)c3)CC2)cc1. The highest BCUT2D eigenvalue weighted by Gasteiger charge is 2.30. The first-order valence-electron chi connectivity index (χ1n) is 8.76. The van der Waals surface area contributed by atoms with E-state index in [-0.39, 0.29) is 16.6 Å². The Morgan fingerprint density at radius 3 is 2.36 bits per heavy atom. The molecule has 0 atom stereocenters. The van der Waals surface area contributed by atoms with Gasteiger partial charge in [-0.1, -0.05) is 0 Å². The number of carbonyl (C=O) groups excluding carboxylic acids is 1. The number of methoxy groups -OCH3 is 1. The fourth-order valence-corrected chi connectivity index (χ4v) is 4.53. The highest BCUT2D eigenvalue weighted by Crippen LogP contribution is 2.24. The van der Waals surface area contributed by atoms with Crippen molar-refractivity contribution in [1.82, 2.24) is 4.31 Å². The van der Waals surface area contributed by atoms with Crippen LogP contribution in [0.2, 0.25) is 0 Å². The lowest BCUT2D eigenvalue weighted by Gasteiger charge is -2.31. The minimum atomic E-state index is -3.66. The van der Waals surface area contributed by atoms with Gasteiger partial charge in [-0.15, -0.1) is 0 Å². The fourth-order valence-electron chi connectivity index (χ4n) is 3.06. The summed E-state index contributed by atoms with van der Waals surface area (Å²) in [6.07, 6.45) is 0.812. The van der Waals surface area contributed by atoms with Crippen LogP contribution in [0.15, 0.2) is 50.5 Å². The first-order chi connectivity index (χ1) is 13.3. The molecule has 0 unspecified atom stereocenters. The molecule has 0 N–H and O–H groups in total. The molecular weight excluding hydrogens is 386 g/mol.